The number of carbonyl (C=O) groups excluding carboxylic acids is 1. The molecule has 1 aromatic rings. The van der Waals surface area contributed by atoms with Crippen LogP contribution in [0.1, 0.15) is 31.9 Å². The first-order valence-electron chi connectivity index (χ1n) is 6.61. The lowest BCUT2D eigenvalue weighted by atomic mass is 9.99. The van der Waals surface area contributed by atoms with Gasteiger partial charge in [-0.2, -0.15) is 0 Å². The molecule has 0 aliphatic carbocycles. The Kier molecular flexibility index (Phi) is 4.22. The highest BCUT2D eigenvalue weighted by Crippen LogP contribution is 2.31. The van der Waals surface area contributed by atoms with Gasteiger partial charge in [-0.05, 0) is 60.3 Å². The standard InChI is InChI=1S/C14H17BrN2O4/c1-14(2,3)21-13(18)16-5-4-9-6-11(15)12(17(19)20)7-10(9)8-16/h6-7H,4-5,8H2,1-3H3. The highest BCUT2D eigenvalue weighted by atomic mass is 79.9. The number of hydrogen-bond donors (Lipinski definition) is 0. The molecule has 1 aromatic carbocycles. The number of amides is 1. The van der Waals surface area contributed by atoms with Crippen LogP contribution in [-0.2, 0) is 17.7 Å². The number of halogens is 1. The van der Waals surface area contributed by atoms with Gasteiger partial charge in [-0.25, -0.2) is 4.79 Å². The van der Waals surface area contributed by atoms with Gasteiger partial charge in [0.1, 0.15) is 5.60 Å². The molecule has 0 fully saturated rings. The second-order valence-electron chi connectivity index (χ2n) is 5.98. The first-order chi connectivity index (χ1) is 9.67. The number of ether oxygens (including phenoxy) is 1. The van der Waals surface area contributed by atoms with Gasteiger partial charge in [-0.15, -0.1) is 0 Å². The molecule has 0 N–H and O–H groups in total. The third-order valence-electron chi connectivity index (χ3n) is 3.13. The van der Waals surface area contributed by atoms with E-state index in [1.54, 1.807) is 11.0 Å². The molecule has 0 radical (unpaired) electrons. The minimum atomic E-state index is -0.553. The van der Waals surface area contributed by atoms with E-state index < -0.39 is 16.6 Å². The van der Waals surface area contributed by atoms with Gasteiger partial charge in [0.05, 0.1) is 9.40 Å². The maximum atomic E-state index is 12.1. The van der Waals surface area contributed by atoms with Crippen molar-refractivity contribution in [1.82, 2.24) is 4.90 Å². The minimum absolute atomic E-state index is 0.0137. The summed E-state index contributed by atoms with van der Waals surface area (Å²) in [6.45, 7) is 6.31. The summed E-state index contributed by atoms with van der Waals surface area (Å²) in [4.78, 5) is 24.2. The zero-order chi connectivity index (χ0) is 15.8. The number of hydrogen-bond acceptors (Lipinski definition) is 4. The maximum Gasteiger partial charge on any atom is 0.410 e. The fourth-order valence-electron chi connectivity index (χ4n) is 2.19. The summed E-state index contributed by atoms with van der Waals surface area (Å²) in [6, 6.07) is 3.29. The third-order valence-corrected chi connectivity index (χ3v) is 3.76. The average molecular weight is 357 g/mol. The zero-order valence-corrected chi connectivity index (χ0v) is 13.8. The van der Waals surface area contributed by atoms with Gasteiger partial charge in [0, 0.05) is 19.2 Å². The van der Waals surface area contributed by atoms with Crippen LogP contribution in [0.2, 0.25) is 0 Å². The summed E-state index contributed by atoms with van der Waals surface area (Å²) in [5, 5.41) is 11.0. The average Bonchev–Trinajstić information content (AvgIpc) is 2.35. The second-order valence-corrected chi connectivity index (χ2v) is 6.84. The van der Waals surface area contributed by atoms with Crippen molar-refractivity contribution in [1.29, 1.82) is 0 Å². The van der Waals surface area contributed by atoms with E-state index >= 15 is 0 Å². The lowest BCUT2D eigenvalue weighted by Gasteiger charge is -2.31. The third kappa shape index (κ3) is 3.72. The number of benzene rings is 1. The monoisotopic (exact) mass is 356 g/mol. The molecule has 6 nitrogen and oxygen atoms in total. The summed E-state index contributed by atoms with van der Waals surface area (Å²) < 4.78 is 5.81. The van der Waals surface area contributed by atoms with E-state index in [0.29, 0.717) is 24.0 Å². The molecule has 7 heteroatoms. The Labute approximate surface area is 131 Å². The SMILES string of the molecule is CC(C)(C)OC(=O)N1CCc2cc(Br)c([N+](=O)[O-])cc2C1. The van der Waals surface area contributed by atoms with Crippen LogP contribution < -0.4 is 0 Å². The van der Waals surface area contributed by atoms with E-state index in [9.17, 15) is 14.9 Å². The van der Waals surface area contributed by atoms with Gasteiger partial charge in [-0.1, -0.05) is 0 Å². The summed E-state index contributed by atoms with van der Waals surface area (Å²) in [7, 11) is 0. The number of fused-ring (bicyclic) bond motifs is 1. The van der Waals surface area contributed by atoms with Crippen LogP contribution >= 0.6 is 15.9 Å². The van der Waals surface area contributed by atoms with Crippen molar-refractivity contribution >= 4 is 27.7 Å². The molecule has 2 rings (SSSR count). The number of carbonyl (C=O) groups is 1. The van der Waals surface area contributed by atoms with Gasteiger partial charge >= 0.3 is 6.09 Å². The molecule has 114 valence electrons. The lowest BCUT2D eigenvalue weighted by molar-refractivity contribution is -0.385. The minimum Gasteiger partial charge on any atom is -0.444 e. The van der Waals surface area contributed by atoms with Crippen molar-refractivity contribution in [2.45, 2.75) is 39.3 Å². The molecule has 21 heavy (non-hydrogen) atoms. The Bertz CT molecular complexity index is 595. The summed E-state index contributed by atoms with van der Waals surface area (Å²) in [5.41, 5.74) is 1.28. The predicted molar refractivity (Wildman–Crippen MR) is 81.1 cm³/mol. The van der Waals surface area contributed by atoms with Crippen molar-refractivity contribution in [2.24, 2.45) is 0 Å². The molecular formula is C14H17BrN2O4. The molecule has 0 saturated carbocycles. The van der Waals surface area contributed by atoms with Crippen molar-refractivity contribution in [3.05, 3.63) is 37.8 Å². The fraction of sp³-hybridized carbons (Fsp3) is 0.500. The Morgan fingerprint density at radius 3 is 2.62 bits per heavy atom. The Hall–Kier alpha value is -1.63. The molecule has 0 saturated heterocycles. The van der Waals surface area contributed by atoms with Gasteiger partial charge in [0.15, 0.2) is 0 Å². The molecule has 0 bridgehead atoms. The van der Waals surface area contributed by atoms with E-state index in [1.165, 1.54) is 6.07 Å². The van der Waals surface area contributed by atoms with Gasteiger partial charge in [-0.3, -0.25) is 10.1 Å². The first-order valence-corrected chi connectivity index (χ1v) is 7.40. The van der Waals surface area contributed by atoms with Crippen LogP contribution in [0.5, 0.6) is 0 Å². The summed E-state index contributed by atoms with van der Waals surface area (Å²) in [5.74, 6) is 0. The lowest BCUT2D eigenvalue weighted by Crippen LogP contribution is -2.39. The van der Waals surface area contributed by atoms with E-state index in [-0.39, 0.29) is 5.69 Å². The summed E-state index contributed by atoms with van der Waals surface area (Å²) >= 11 is 3.21. The molecular weight excluding hydrogens is 340 g/mol. The second kappa shape index (κ2) is 5.63. The van der Waals surface area contributed by atoms with E-state index in [1.807, 2.05) is 20.8 Å². The summed E-state index contributed by atoms with van der Waals surface area (Å²) in [6.07, 6.45) is 0.268. The largest absolute Gasteiger partial charge is 0.444 e. The van der Waals surface area contributed by atoms with Crippen LogP contribution in [0.3, 0.4) is 0 Å². The number of nitrogens with zero attached hydrogens (tertiary/aromatic N) is 2. The fourth-order valence-corrected chi connectivity index (χ4v) is 2.72. The molecule has 1 amide bonds. The molecule has 0 aromatic heterocycles. The molecule has 1 aliphatic rings. The number of nitro groups is 1. The highest BCUT2D eigenvalue weighted by Gasteiger charge is 2.27. The van der Waals surface area contributed by atoms with Crippen molar-refractivity contribution in [2.75, 3.05) is 6.54 Å². The molecule has 0 unspecified atom stereocenters. The van der Waals surface area contributed by atoms with Crippen molar-refractivity contribution in [3.63, 3.8) is 0 Å². The highest BCUT2D eigenvalue weighted by molar-refractivity contribution is 9.10. The van der Waals surface area contributed by atoms with Gasteiger partial charge in [0.25, 0.3) is 5.69 Å². The molecule has 1 aliphatic heterocycles. The topological polar surface area (TPSA) is 72.7 Å². The Balaban J connectivity index is 2.22. The van der Waals surface area contributed by atoms with Crippen LogP contribution in [0.15, 0.2) is 16.6 Å². The van der Waals surface area contributed by atoms with Crippen molar-refractivity contribution < 1.29 is 14.5 Å². The number of rotatable bonds is 1. The van der Waals surface area contributed by atoms with Crippen LogP contribution in [0.25, 0.3) is 0 Å². The van der Waals surface area contributed by atoms with Crippen LogP contribution in [0.4, 0.5) is 10.5 Å². The molecule has 1 heterocycles. The predicted octanol–water partition coefficient (Wildman–Crippen LogP) is 3.65. The van der Waals surface area contributed by atoms with Crippen LogP contribution in [0, 0.1) is 10.1 Å². The van der Waals surface area contributed by atoms with E-state index in [4.69, 9.17) is 4.74 Å². The number of nitro benzene ring substituents is 1. The smallest absolute Gasteiger partial charge is 0.410 e. The van der Waals surface area contributed by atoms with Gasteiger partial charge < -0.3 is 9.64 Å². The Morgan fingerprint density at radius 1 is 1.38 bits per heavy atom. The maximum absolute atomic E-state index is 12.1. The van der Waals surface area contributed by atoms with E-state index in [0.717, 1.165) is 11.1 Å². The first kappa shape index (κ1) is 15.8. The van der Waals surface area contributed by atoms with Crippen LogP contribution in [-0.4, -0.2) is 28.1 Å². The van der Waals surface area contributed by atoms with Crippen molar-refractivity contribution in [3.8, 4) is 0 Å². The van der Waals surface area contributed by atoms with Gasteiger partial charge in [0.2, 0.25) is 0 Å². The van der Waals surface area contributed by atoms with E-state index in [2.05, 4.69) is 15.9 Å². The quantitative estimate of drug-likeness (QED) is 0.568. The normalized spacial score (nSPS) is 14.6. The molecule has 0 atom stereocenters. The Morgan fingerprint density at radius 2 is 2.05 bits per heavy atom. The zero-order valence-electron chi connectivity index (χ0n) is 12.2. The molecule has 0 spiro atoms.